The fourth-order valence-corrected chi connectivity index (χ4v) is 6.12. The highest BCUT2D eigenvalue weighted by atomic mass is 16.2. The fourth-order valence-electron chi connectivity index (χ4n) is 6.12. The fraction of sp³-hybridized carbons (Fsp3) is 0.500. The lowest BCUT2D eigenvalue weighted by atomic mass is 9.95. The first-order chi connectivity index (χ1) is 17.7. The van der Waals surface area contributed by atoms with Crippen molar-refractivity contribution in [3.63, 3.8) is 0 Å². The molecule has 3 aliphatic heterocycles. The van der Waals surface area contributed by atoms with Crippen LogP contribution in [0.2, 0.25) is 0 Å². The Kier molecular flexibility index (Phi) is 6.90. The number of benzene rings is 1. The summed E-state index contributed by atoms with van der Waals surface area (Å²) in [5, 5.41) is 6.31. The smallest absolute Gasteiger partial charge is 0.253 e. The molecule has 2 aromatic rings. The van der Waals surface area contributed by atoms with Gasteiger partial charge in [-0.05, 0) is 81.5 Å². The number of nitrogens with zero attached hydrogens (tertiary/aromatic N) is 3. The van der Waals surface area contributed by atoms with Crippen molar-refractivity contribution in [2.75, 3.05) is 24.5 Å². The van der Waals surface area contributed by atoms with Crippen LogP contribution in [-0.4, -0.2) is 71.4 Å². The lowest BCUT2D eigenvalue weighted by Gasteiger charge is -2.40. The van der Waals surface area contributed by atoms with Crippen LogP contribution in [0.3, 0.4) is 0 Å². The zero-order chi connectivity index (χ0) is 26.3. The number of likely N-dealkylation sites (tertiary alicyclic amines) is 1. The molecular formula is C28H36N6O3. The minimum atomic E-state index is -0.486. The van der Waals surface area contributed by atoms with Crippen LogP contribution in [0.4, 0.5) is 5.82 Å². The number of fused-ring (bicyclic) bond motifs is 2. The monoisotopic (exact) mass is 504 g/mol. The van der Waals surface area contributed by atoms with Crippen molar-refractivity contribution >= 4 is 23.5 Å². The number of piperidine rings is 1. The molecule has 37 heavy (non-hydrogen) atoms. The zero-order valence-electron chi connectivity index (χ0n) is 21.8. The van der Waals surface area contributed by atoms with Crippen molar-refractivity contribution in [1.82, 2.24) is 20.5 Å². The number of hydrogen-bond acceptors (Lipinski definition) is 6. The van der Waals surface area contributed by atoms with Gasteiger partial charge in [0.05, 0.1) is 11.6 Å². The number of aromatic nitrogens is 1. The molecule has 2 bridgehead atoms. The van der Waals surface area contributed by atoms with Crippen LogP contribution in [0.1, 0.15) is 74.8 Å². The van der Waals surface area contributed by atoms with E-state index in [1.165, 1.54) is 0 Å². The molecule has 0 radical (unpaired) electrons. The Hall–Kier alpha value is -3.46. The van der Waals surface area contributed by atoms with E-state index in [1.807, 2.05) is 19.1 Å². The predicted molar refractivity (Wildman–Crippen MR) is 142 cm³/mol. The van der Waals surface area contributed by atoms with Crippen LogP contribution in [0.25, 0.3) is 0 Å². The number of pyridine rings is 1. The van der Waals surface area contributed by atoms with Crippen LogP contribution in [0.15, 0.2) is 30.5 Å². The SMILES string of the molecule is CCN1CC(NC(=O)c2ccc(N3[C@@H]4CC[C@H]3C[C@@H](NC(=O)c3cc(C)c(C(N)=O)cc3C)C4)nc2)C1. The van der Waals surface area contributed by atoms with Gasteiger partial charge < -0.3 is 21.3 Å². The van der Waals surface area contributed by atoms with E-state index in [9.17, 15) is 14.4 Å². The van der Waals surface area contributed by atoms with Gasteiger partial charge in [0.1, 0.15) is 5.82 Å². The number of carbonyl (C=O) groups excluding carboxylic acids is 3. The van der Waals surface area contributed by atoms with E-state index in [1.54, 1.807) is 25.3 Å². The molecule has 3 saturated heterocycles. The molecular weight excluding hydrogens is 468 g/mol. The van der Waals surface area contributed by atoms with Gasteiger partial charge in [0.2, 0.25) is 5.91 Å². The zero-order valence-corrected chi connectivity index (χ0v) is 21.8. The standard InChI is InChI=1S/C28H36N6O3/c1-4-33-14-20(15-33)32-27(36)18-5-8-25(30-13-18)34-21-6-7-22(34)12-19(11-21)31-28(37)24-10-16(2)23(26(29)35)9-17(24)3/h5,8-10,13,19-22H,4,6-7,11-12,14-15H2,1-3H3,(H2,29,35)(H,31,37)(H,32,36)/t19-,21+,22-. The first-order valence-corrected chi connectivity index (χ1v) is 13.2. The van der Waals surface area contributed by atoms with Gasteiger partial charge in [0.25, 0.3) is 11.8 Å². The summed E-state index contributed by atoms with van der Waals surface area (Å²) in [6, 6.07) is 8.14. The minimum Gasteiger partial charge on any atom is -0.366 e. The summed E-state index contributed by atoms with van der Waals surface area (Å²) in [7, 11) is 0. The van der Waals surface area contributed by atoms with Gasteiger partial charge in [-0.25, -0.2) is 4.98 Å². The summed E-state index contributed by atoms with van der Waals surface area (Å²) in [6.07, 6.45) is 5.48. The van der Waals surface area contributed by atoms with Crippen molar-refractivity contribution in [2.24, 2.45) is 5.73 Å². The first-order valence-electron chi connectivity index (χ1n) is 13.2. The Labute approximate surface area is 217 Å². The van der Waals surface area contributed by atoms with Crippen LogP contribution in [0.5, 0.6) is 0 Å². The molecule has 3 aliphatic rings. The highest BCUT2D eigenvalue weighted by Crippen LogP contribution is 2.38. The quantitative estimate of drug-likeness (QED) is 0.532. The van der Waals surface area contributed by atoms with Gasteiger partial charge in [-0.3, -0.25) is 19.3 Å². The number of amides is 3. The van der Waals surface area contributed by atoms with Crippen LogP contribution in [-0.2, 0) is 0 Å². The number of nitrogens with two attached hydrogens (primary N) is 1. The second-order valence-corrected chi connectivity index (χ2v) is 10.7. The second kappa shape index (κ2) is 10.1. The maximum absolute atomic E-state index is 13.1. The third-order valence-corrected chi connectivity index (χ3v) is 8.16. The molecule has 4 heterocycles. The van der Waals surface area contributed by atoms with Gasteiger partial charge in [0.15, 0.2) is 0 Å². The van der Waals surface area contributed by atoms with Crippen molar-refractivity contribution in [3.8, 4) is 0 Å². The number of nitrogens with one attached hydrogen (secondary N) is 2. The molecule has 3 amide bonds. The van der Waals surface area contributed by atoms with E-state index >= 15 is 0 Å². The molecule has 1 aromatic carbocycles. The summed E-state index contributed by atoms with van der Waals surface area (Å²) in [5.74, 6) is 0.221. The molecule has 5 rings (SSSR count). The normalized spacial score (nSPS) is 23.4. The Morgan fingerprint density at radius 1 is 0.946 bits per heavy atom. The summed E-state index contributed by atoms with van der Waals surface area (Å²) in [5.41, 5.74) is 8.51. The number of anilines is 1. The first kappa shape index (κ1) is 25.2. The minimum absolute atomic E-state index is 0.0708. The number of carbonyl (C=O) groups is 3. The number of aryl methyl sites for hydroxylation is 2. The second-order valence-electron chi connectivity index (χ2n) is 10.7. The third kappa shape index (κ3) is 5.05. The van der Waals surface area contributed by atoms with Gasteiger partial charge in [-0.15, -0.1) is 0 Å². The summed E-state index contributed by atoms with van der Waals surface area (Å²) in [4.78, 5) is 46.6. The highest BCUT2D eigenvalue weighted by Gasteiger charge is 2.42. The molecule has 0 unspecified atom stereocenters. The van der Waals surface area contributed by atoms with Gasteiger partial charge >= 0.3 is 0 Å². The Bertz CT molecular complexity index is 1190. The maximum Gasteiger partial charge on any atom is 0.253 e. The number of hydrogen-bond donors (Lipinski definition) is 3. The molecule has 3 fully saturated rings. The Balaban J connectivity index is 1.20. The van der Waals surface area contributed by atoms with Crippen molar-refractivity contribution in [1.29, 1.82) is 0 Å². The molecule has 196 valence electrons. The molecule has 0 saturated carbocycles. The Morgan fingerprint density at radius 2 is 1.57 bits per heavy atom. The largest absolute Gasteiger partial charge is 0.366 e. The van der Waals surface area contributed by atoms with Crippen molar-refractivity contribution in [2.45, 2.75) is 70.6 Å². The number of rotatable bonds is 7. The van der Waals surface area contributed by atoms with E-state index in [2.05, 4.69) is 32.3 Å². The molecule has 0 spiro atoms. The predicted octanol–water partition coefficient (Wildman–Crippen LogP) is 2.16. The van der Waals surface area contributed by atoms with Crippen LogP contribution in [0, 0.1) is 13.8 Å². The Morgan fingerprint density at radius 3 is 2.16 bits per heavy atom. The topological polar surface area (TPSA) is 121 Å². The van der Waals surface area contributed by atoms with E-state index in [0.717, 1.165) is 56.7 Å². The lowest BCUT2D eigenvalue weighted by molar-refractivity contribution is 0.0823. The summed E-state index contributed by atoms with van der Waals surface area (Å²) in [6.45, 7) is 8.56. The number of primary amides is 1. The van der Waals surface area contributed by atoms with Crippen LogP contribution >= 0.6 is 0 Å². The van der Waals surface area contributed by atoms with Crippen molar-refractivity contribution < 1.29 is 14.4 Å². The van der Waals surface area contributed by atoms with Gasteiger partial charge in [-0.2, -0.15) is 0 Å². The lowest BCUT2D eigenvalue weighted by Crippen LogP contribution is -2.58. The maximum atomic E-state index is 13.1. The molecule has 1 aromatic heterocycles. The van der Waals surface area contributed by atoms with E-state index in [0.29, 0.717) is 34.3 Å². The van der Waals surface area contributed by atoms with E-state index in [-0.39, 0.29) is 23.9 Å². The molecule has 4 N–H and O–H groups in total. The van der Waals surface area contributed by atoms with E-state index in [4.69, 9.17) is 5.73 Å². The summed E-state index contributed by atoms with van der Waals surface area (Å²) >= 11 is 0. The average Bonchev–Trinajstić information content (AvgIpc) is 3.12. The van der Waals surface area contributed by atoms with Gasteiger partial charge in [0, 0.05) is 48.5 Å². The molecule has 9 heteroatoms. The highest BCUT2D eigenvalue weighted by molar-refractivity contribution is 5.99. The molecule has 0 aliphatic carbocycles. The van der Waals surface area contributed by atoms with Gasteiger partial charge in [-0.1, -0.05) is 6.92 Å². The molecule has 9 nitrogen and oxygen atoms in total. The van der Waals surface area contributed by atoms with Crippen LogP contribution < -0.4 is 21.3 Å². The summed E-state index contributed by atoms with van der Waals surface area (Å²) < 4.78 is 0. The number of likely N-dealkylation sites (N-methyl/N-ethyl adjacent to an activating group) is 1. The third-order valence-electron chi connectivity index (χ3n) is 8.16. The average molecular weight is 505 g/mol. The molecule has 3 atom stereocenters. The van der Waals surface area contributed by atoms with E-state index < -0.39 is 5.91 Å². The van der Waals surface area contributed by atoms with Crippen molar-refractivity contribution in [3.05, 3.63) is 58.3 Å².